The minimum absolute atomic E-state index is 0.175. The average molecular weight is 352 g/mol. The molecule has 0 aromatic heterocycles. The van der Waals surface area contributed by atoms with Crippen LogP contribution in [0.3, 0.4) is 0 Å². The summed E-state index contributed by atoms with van der Waals surface area (Å²) in [5, 5.41) is 2.74. The van der Waals surface area contributed by atoms with E-state index in [2.05, 4.69) is 17.5 Å². The predicted octanol–water partition coefficient (Wildman–Crippen LogP) is 1.69. The number of hydrogen-bond acceptors (Lipinski definition) is 4. The van der Waals surface area contributed by atoms with Crippen molar-refractivity contribution in [1.29, 1.82) is 0 Å². The highest BCUT2D eigenvalue weighted by Gasteiger charge is 2.67. The molecular formula is C20H20N2O4. The Labute approximate surface area is 151 Å². The van der Waals surface area contributed by atoms with E-state index in [-0.39, 0.29) is 47.9 Å². The zero-order valence-electron chi connectivity index (χ0n) is 14.4. The van der Waals surface area contributed by atoms with Gasteiger partial charge in [-0.05, 0) is 42.2 Å². The number of methoxy groups -OCH3 is 1. The van der Waals surface area contributed by atoms with Gasteiger partial charge in [-0.3, -0.25) is 19.3 Å². The number of nitrogens with zero attached hydrogens (tertiary/aromatic N) is 1. The molecule has 6 nitrogen and oxygen atoms in total. The van der Waals surface area contributed by atoms with Crippen molar-refractivity contribution in [2.45, 2.75) is 6.42 Å². The molecule has 5 aliphatic rings. The molecule has 3 amide bonds. The SMILES string of the molecule is COc1ccccc1NC(=O)CN1C(=O)[C@H]2[C@@H]3C=C[C@@H]([C@H]4C[C@H]34)[C@@H]2C1=O. The number of para-hydroxylation sites is 2. The number of anilines is 1. The summed E-state index contributed by atoms with van der Waals surface area (Å²) in [6.07, 6.45) is 5.39. The van der Waals surface area contributed by atoms with Crippen molar-refractivity contribution < 1.29 is 19.1 Å². The van der Waals surface area contributed by atoms with Crippen LogP contribution < -0.4 is 10.1 Å². The molecule has 1 heterocycles. The molecule has 26 heavy (non-hydrogen) atoms. The molecule has 1 N–H and O–H groups in total. The number of likely N-dealkylation sites (tertiary alicyclic amines) is 1. The van der Waals surface area contributed by atoms with E-state index in [0.29, 0.717) is 23.3 Å². The fraction of sp³-hybridized carbons (Fsp3) is 0.450. The van der Waals surface area contributed by atoms with E-state index in [1.807, 2.05) is 0 Å². The van der Waals surface area contributed by atoms with Crippen LogP contribution in [0.25, 0.3) is 0 Å². The molecule has 4 aliphatic carbocycles. The van der Waals surface area contributed by atoms with E-state index < -0.39 is 0 Å². The van der Waals surface area contributed by atoms with Crippen molar-refractivity contribution in [2.75, 3.05) is 19.0 Å². The van der Waals surface area contributed by atoms with Crippen molar-refractivity contribution >= 4 is 23.4 Å². The van der Waals surface area contributed by atoms with Crippen molar-refractivity contribution in [3.63, 3.8) is 0 Å². The van der Waals surface area contributed by atoms with Gasteiger partial charge in [0.1, 0.15) is 12.3 Å². The van der Waals surface area contributed by atoms with Crippen LogP contribution in [0.5, 0.6) is 5.75 Å². The summed E-state index contributed by atoms with van der Waals surface area (Å²) >= 11 is 0. The first-order valence-corrected chi connectivity index (χ1v) is 9.06. The van der Waals surface area contributed by atoms with Gasteiger partial charge in [0.15, 0.2) is 0 Å². The number of allylic oxidation sites excluding steroid dienone is 2. The Balaban J connectivity index is 1.33. The van der Waals surface area contributed by atoms with Gasteiger partial charge in [-0.1, -0.05) is 24.3 Å². The molecule has 1 saturated heterocycles. The maximum absolute atomic E-state index is 12.9. The molecule has 1 aliphatic heterocycles. The van der Waals surface area contributed by atoms with Gasteiger partial charge in [0.25, 0.3) is 0 Å². The monoisotopic (exact) mass is 352 g/mol. The Morgan fingerprint density at radius 1 is 1.12 bits per heavy atom. The standard InChI is InChI=1S/C20H20N2O4/c1-26-15-5-3-2-4-14(15)21-16(23)9-22-19(24)17-10-6-7-11(13-8-12(10)13)18(17)20(22)25/h2-7,10-13,17-18H,8-9H2,1H3,(H,21,23)/t10-,11+,12-,13-,17+,18+/m1/s1. The minimum atomic E-state index is -0.389. The van der Waals surface area contributed by atoms with Gasteiger partial charge in [-0.2, -0.15) is 0 Å². The highest BCUT2D eigenvalue weighted by atomic mass is 16.5. The Morgan fingerprint density at radius 2 is 1.73 bits per heavy atom. The van der Waals surface area contributed by atoms with Gasteiger partial charge in [0.2, 0.25) is 17.7 Å². The molecule has 6 rings (SSSR count). The van der Waals surface area contributed by atoms with Gasteiger partial charge in [0, 0.05) is 0 Å². The second-order valence-corrected chi connectivity index (χ2v) is 7.67. The van der Waals surface area contributed by atoms with Crippen LogP contribution in [0, 0.1) is 35.5 Å². The van der Waals surface area contributed by atoms with Gasteiger partial charge in [-0.15, -0.1) is 0 Å². The van der Waals surface area contributed by atoms with E-state index in [9.17, 15) is 14.4 Å². The predicted molar refractivity (Wildman–Crippen MR) is 93.0 cm³/mol. The summed E-state index contributed by atoms with van der Waals surface area (Å²) in [7, 11) is 1.53. The zero-order valence-corrected chi connectivity index (χ0v) is 14.4. The normalized spacial score (nSPS) is 36.0. The van der Waals surface area contributed by atoms with Crippen molar-refractivity contribution in [2.24, 2.45) is 35.5 Å². The number of ether oxygens (including phenoxy) is 1. The van der Waals surface area contributed by atoms with Gasteiger partial charge in [-0.25, -0.2) is 0 Å². The topological polar surface area (TPSA) is 75.7 Å². The maximum Gasteiger partial charge on any atom is 0.244 e. The first kappa shape index (κ1) is 15.6. The molecule has 1 aromatic carbocycles. The number of nitrogens with one attached hydrogen (secondary N) is 1. The number of carbonyl (C=O) groups is 3. The summed E-state index contributed by atoms with van der Waals surface area (Å²) in [4.78, 5) is 39.4. The second-order valence-electron chi connectivity index (χ2n) is 7.67. The quantitative estimate of drug-likeness (QED) is 0.661. The lowest BCUT2D eigenvalue weighted by Gasteiger charge is -2.37. The first-order valence-electron chi connectivity index (χ1n) is 9.06. The Morgan fingerprint density at radius 3 is 2.35 bits per heavy atom. The summed E-state index contributed by atoms with van der Waals surface area (Å²) in [5.74, 6) is 0.731. The van der Waals surface area contributed by atoms with Crippen LogP contribution in [0.1, 0.15) is 6.42 Å². The summed E-state index contributed by atoms with van der Waals surface area (Å²) in [5.41, 5.74) is 0.527. The van der Waals surface area contributed by atoms with E-state index in [1.54, 1.807) is 24.3 Å². The van der Waals surface area contributed by atoms with Crippen molar-refractivity contribution in [1.82, 2.24) is 4.90 Å². The summed E-state index contributed by atoms with van der Waals surface area (Å²) < 4.78 is 5.22. The molecular weight excluding hydrogens is 332 g/mol. The molecule has 6 atom stereocenters. The van der Waals surface area contributed by atoms with Crippen molar-refractivity contribution in [3.05, 3.63) is 36.4 Å². The molecule has 1 aromatic rings. The molecule has 2 saturated carbocycles. The lowest BCUT2D eigenvalue weighted by Crippen LogP contribution is -2.40. The summed E-state index contributed by atoms with van der Waals surface area (Å²) in [6, 6.07) is 7.06. The van der Waals surface area contributed by atoms with Crippen LogP contribution in [-0.2, 0) is 14.4 Å². The highest BCUT2D eigenvalue weighted by molar-refractivity contribution is 6.09. The van der Waals surface area contributed by atoms with Crippen molar-refractivity contribution in [3.8, 4) is 5.75 Å². The highest BCUT2D eigenvalue weighted by Crippen LogP contribution is 2.65. The third kappa shape index (κ3) is 2.08. The molecule has 134 valence electrons. The third-order valence-corrected chi connectivity index (χ3v) is 6.44. The first-order chi connectivity index (χ1) is 12.6. The number of amides is 3. The zero-order chi connectivity index (χ0) is 18.0. The number of carbonyl (C=O) groups excluding carboxylic acids is 3. The van der Waals surface area contributed by atoms with Crippen LogP contribution in [0.15, 0.2) is 36.4 Å². The number of benzene rings is 1. The van der Waals surface area contributed by atoms with Crippen LogP contribution in [-0.4, -0.2) is 36.3 Å². The molecule has 0 unspecified atom stereocenters. The van der Waals surface area contributed by atoms with Gasteiger partial charge in [0.05, 0.1) is 24.6 Å². The smallest absolute Gasteiger partial charge is 0.244 e. The Bertz CT molecular complexity index is 812. The third-order valence-electron chi connectivity index (χ3n) is 6.44. The number of rotatable bonds is 4. The van der Waals surface area contributed by atoms with Gasteiger partial charge >= 0.3 is 0 Å². The number of hydrogen-bond donors (Lipinski definition) is 1. The van der Waals surface area contributed by atoms with Crippen LogP contribution >= 0.6 is 0 Å². The van der Waals surface area contributed by atoms with E-state index in [4.69, 9.17) is 4.74 Å². The fourth-order valence-corrected chi connectivity index (χ4v) is 5.26. The molecule has 2 bridgehead atoms. The fourth-order valence-electron chi connectivity index (χ4n) is 5.26. The van der Waals surface area contributed by atoms with Gasteiger partial charge < -0.3 is 10.1 Å². The molecule has 6 heteroatoms. The van der Waals surface area contributed by atoms with Crippen LogP contribution in [0.2, 0.25) is 0 Å². The van der Waals surface area contributed by atoms with E-state index in [0.717, 1.165) is 11.3 Å². The molecule has 3 fully saturated rings. The van der Waals surface area contributed by atoms with E-state index >= 15 is 0 Å². The van der Waals surface area contributed by atoms with Crippen LogP contribution in [0.4, 0.5) is 5.69 Å². The van der Waals surface area contributed by atoms with E-state index in [1.165, 1.54) is 7.11 Å². The summed E-state index contributed by atoms with van der Waals surface area (Å²) in [6.45, 7) is -0.239. The largest absolute Gasteiger partial charge is 0.495 e. The molecule has 0 radical (unpaired) electrons. The minimum Gasteiger partial charge on any atom is -0.495 e. The lowest BCUT2D eigenvalue weighted by atomic mass is 9.63. The Kier molecular flexibility index (Phi) is 3.26. The second kappa shape index (κ2) is 5.43. The maximum atomic E-state index is 12.9. The Hall–Kier alpha value is -2.63. The average Bonchev–Trinajstić information content (AvgIpc) is 3.43. The lowest BCUT2D eigenvalue weighted by molar-refractivity contribution is -0.142. The molecule has 0 spiro atoms. The number of imide groups is 1.